The first-order valence-electron chi connectivity index (χ1n) is 11.5. The zero-order valence-corrected chi connectivity index (χ0v) is 19.6. The molecule has 5 heteroatoms. The number of carbonyl (C=O) groups excluding carboxylic acids is 2. The van der Waals surface area contributed by atoms with E-state index in [4.69, 9.17) is 4.74 Å². The molecule has 0 saturated carbocycles. The molecular weight excluding hydrogens is 448 g/mol. The smallest absolute Gasteiger partial charge is 0.337 e. The van der Waals surface area contributed by atoms with Crippen LogP contribution in [-0.4, -0.2) is 19.0 Å². The Morgan fingerprint density at radius 2 is 1.50 bits per heavy atom. The third-order valence-electron chi connectivity index (χ3n) is 6.23. The van der Waals surface area contributed by atoms with Gasteiger partial charge in [0.05, 0.1) is 42.1 Å². The Morgan fingerprint density at radius 1 is 0.833 bits per heavy atom. The van der Waals surface area contributed by atoms with Crippen molar-refractivity contribution in [2.45, 2.75) is 6.54 Å². The van der Waals surface area contributed by atoms with Crippen molar-refractivity contribution in [1.29, 1.82) is 5.26 Å². The molecule has 0 unspecified atom stereocenters. The Morgan fingerprint density at radius 3 is 2.22 bits per heavy atom. The average Bonchev–Trinajstić information content (AvgIpc) is 3.20. The Bertz CT molecular complexity index is 1530. The molecule has 0 bridgehead atoms. The fraction of sp³-hybridized carbons (Fsp3) is 0.0645. The van der Waals surface area contributed by atoms with E-state index < -0.39 is 5.97 Å². The number of rotatable bonds is 5. The molecule has 4 aromatic carbocycles. The van der Waals surface area contributed by atoms with Crippen LogP contribution < -0.4 is 4.90 Å². The van der Waals surface area contributed by atoms with Gasteiger partial charge in [-0.1, -0.05) is 72.8 Å². The minimum Gasteiger partial charge on any atom is -0.465 e. The van der Waals surface area contributed by atoms with E-state index in [1.807, 2.05) is 72.8 Å². The number of fused-ring (bicyclic) bond motifs is 1. The number of nitrogens with zero attached hydrogens (tertiary/aromatic N) is 2. The number of nitriles is 1. The summed E-state index contributed by atoms with van der Waals surface area (Å²) < 4.78 is 4.85. The van der Waals surface area contributed by atoms with Crippen molar-refractivity contribution in [2.24, 2.45) is 0 Å². The minimum absolute atomic E-state index is 0.122. The highest BCUT2D eigenvalue weighted by atomic mass is 16.5. The summed E-state index contributed by atoms with van der Waals surface area (Å²) in [5, 5.41) is 9.26. The van der Waals surface area contributed by atoms with Crippen LogP contribution in [0.1, 0.15) is 38.2 Å². The Kier molecular flexibility index (Phi) is 6.17. The third kappa shape index (κ3) is 4.17. The van der Waals surface area contributed by atoms with E-state index in [2.05, 4.69) is 6.07 Å². The van der Waals surface area contributed by atoms with Gasteiger partial charge in [-0.05, 0) is 47.0 Å². The monoisotopic (exact) mass is 470 g/mol. The Labute approximate surface area is 209 Å². The topological polar surface area (TPSA) is 70.4 Å². The predicted molar refractivity (Wildman–Crippen MR) is 139 cm³/mol. The molecule has 5 rings (SSSR count). The van der Waals surface area contributed by atoms with Gasteiger partial charge in [-0.25, -0.2) is 4.79 Å². The third-order valence-corrected chi connectivity index (χ3v) is 6.23. The maximum atomic E-state index is 14.1. The molecule has 1 amide bonds. The molecule has 0 fully saturated rings. The first kappa shape index (κ1) is 22.8. The van der Waals surface area contributed by atoms with E-state index in [-0.39, 0.29) is 5.91 Å². The van der Waals surface area contributed by atoms with Crippen LogP contribution in [0.15, 0.2) is 103 Å². The second kappa shape index (κ2) is 9.73. The van der Waals surface area contributed by atoms with Crippen LogP contribution in [0, 0.1) is 11.3 Å². The molecule has 4 aromatic rings. The van der Waals surface area contributed by atoms with E-state index in [1.54, 1.807) is 35.2 Å². The number of ether oxygens (including phenoxy) is 1. The van der Waals surface area contributed by atoms with Gasteiger partial charge >= 0.3 is 5.97 Å². The molecule has 0 saturated heterocycles. The van der Waals surface area contributed by atoms with Gasteiger partial charge < -0.3 is 9.64 Å². The van der Waals surface area contributed by atoms with Crippen molar-refractivity contribution in [3.05, 3.63) is 137 Å². The lowest BCUT2D eigenvalue weighted by atomic mass is 9.90. The largest absolute Gasteiger partial charge is 0.465 e. The zero-order chi connectivity index (χ0) is 25.1. The number of benzene rings is 4. The molecule has 0 N–H and O–H groups in total. The summed E-state index contributed by atoms with van der Waals surface area (Å²) >= 11 is 0. The summed E-state index contributed by atoms with van der Waals surface area (Å²) in [4.78, 5) is 27.9. The number of carbonyl (C=O) groups is 2. The van der Waals surface area contributed by atoms with Gasteiger partial charge in [0, 0.05) is 11.1 Å². The summed E-state index contributed by atoms with van der Waals surface area (Å²) in [5.41, 5.74) is 6.64. The summed E-state index contributed by atoms with van der Waals surface area (Å²) in [6.07, 6.45) is 0. The molecule has 0 aliphatic carbocycles. The minimum atomic E-state index is -0.419. The molecule has 1 heterocycles. The van der Waals surface area contributed by atoms with Gasteiger partial charge in [0.15, 0.2) is 0 Å². The van der Waals surface area contributed by atoms with E-state index >= 15 is 0 Å². The van der Waals surface area contributed by atoms with Crippen LogP contribution in [0.2, 0.25) is 0 Å². The Hall–Kier alpha value is -4.95. The molecule has 0 atom stereocenters. The average molecular weight is 471 g/mol. The summed E-state index contributed by atoms with van der Waals surface area (Å²) in [6.45, 7) is 0.305. The molecule has 0 spiro atoms. The summed E-state index contributed by atoms with van der Waals surface area (Å²) in [7, 11) is 1.35. The van der Waals surface area contributed by atoms with Crippen LogP contribution in [0.4, 0.5) is 5.69 Å². The van der Waals surface area contributed by atoms with Crippen molar-refractivity contribution in [1.82, 2.24) is 0 Å². The lowest BCUT2D eigenvalue weighted by Gasteiger charge is -2.18. The standard InChI is InChI=1S/C31H22N2O3/c1-36-31(35)25-11-7-8-22(18-25)20-33-27-13-6-5-12-26(27)29(30(33)34)28(23-9-3-2-4-10-23)24-16-14-21(19-32)15-17-24/h2-18H,20H2,1H3/b29-28+. The number of amides is 1. The van der Waals surface area contributed by atoms with Crippen LogP contribution in [-0.2, 0) is 16.1 Å². The van der Waals surface area contributed by atoms with Crippen molar-refractivity contribution >= 4 is 28.7 Å². The number of hydrogen-bond acceptors (Lipinski definition) is 4. The molecule has 36 heavy (non-hydrogen) atoms. The number of anilines is 1. The second-order valence-electron chi connectivity index (χ2n) is 8.41. The first-order valence-corrected chi connectivity index (χ1v) is 11.5. The predicted octanol–water partition coefficient (Wildman–Crippen LogP) is 5.85. The number of esters is 1. The van der Waals surface area contributed by atoms with Gasteiger partial charge in [-0.15, -0.1) is 0 Å². The second-order valence-corrected chi connectivity index (χ2v) is 8.41. The van der Waals surface area contributed by atoms with Crippen LogP contribution >= 0.6 is 0 Å². The van der Waals surface area contributed by atoms with Crippen molar-refractivity contribution in [3.63, 3.8) is 0 Å². The summed E-state index contributed by atoms with van der Waals surface area (Å²) in [6, 6.07) is 34.1. The van der Waals surface area contributed by atoms with Gasteiger partial charge in [-0.3, -0.25) is 4.79 Å². The highest BCUT2D eigenvalue weighted by Gasteiger charge is 2.35. The van der Waals surface area contributed by atoms with Crippen molar-refractivity contribution < 1.29 is 14.3 Å². The van der Waals surface area contributed by atoms with Crippen LogP contribution in [0.25, 0.3) is 11.1 Å². The fourth-order valence-electron chi connectivity index (χ4n) is 4.55. The normalized spacial score (nSPS) is 13.7. The van der Waals surface area contributed by atoms with Crippen LogP contribution in [0.3, 0.4) is 0 Å². The molecule has 5 nitrogen and oxygen atoms in total. The van der Waals surface area contributed by atoms with Crippen molar-refractivity contribution in [3.8, 4) is 6.07 Å². The maximum Gasteiger partial charge on any atom is 0.337 e. The molecule has 0 aromatic heterocycles. The van der Waals surface area contributed by atoms with Gasteiger partial charge in [0.1, 0.15) is 0 Å². The molecule has 1 aliphatic heterocycles. The van der Waals surface area contributed by atoms with E-state index in [9.17, 15) is 14.9 Å². The van der Waals surface area contributed by atoms with Gasteiger partial charge in [0.25, 0.3) is 5.91 Å². The lowest BCUT2D eigenvalue weighted by Crippen LogP contribution is -2.26. The van der Waals surface area contributed by atoms with E-state index in [0.717, 1.165) is 33.5 Å². The molecular formula is C31H22N2O3. The highest BCUT2D eigenvalue weighted by Crippen LogP contribution is 2.43. The van der Waals surface area contributed by atoms with Gasteiger partial charge in [0.2, 0.25) is 0 Å². The number of methoxy groups -OCH3 is 1. The number of hydrogen-bond donors (Lipinski definition) is 0. The first-order chi connectivity index (χ1) is 17.6. The molecule has 1 aliphatic rings. The maximum absolute atomic E-state index is 14.1. The van der Waals surface area contributed by atoms with Gasteiger partial charge in [-0.2, -0.15) is 5.26 Å². The summed E-state index contributed by atoms with van der Waals surface area (Å²) in [5.74, 6) is -0.541. The van der Waals surface area contributed by atoms with E-state index in [1.165, 1.54) is 7.11 Å². The lowest BCUT2D eigenvalue weighted by molar-refractivity contribution is -0.113. The highest BCUT2D eigenvalue weighted by molar-refractivity contribution is 6.38. The molecule has 174 valence electrons. The SMILES string of the molecule is COC(=O)c1cccc(CN2C(=O)/C(=C(\c3ccccc3)c3ccc(C#N)cc3)c3ccccc32)c1. The number of para-hydroxylation sites is 1. The van der Waals surface area contributed by atoms with Crippen molar-refractivity contribution in [2.75, 3.05) is 12.0 Å². The quantitative estimate of drug-likeness (QED) is 0.271. The zero-order valence-electron chi connectivity index (χ0n) is 19.6. The van der Waals surface area contributed by atoms with Crippen LogP contribution in [0.5, 0.6) is 0 Å². The van der Waals surface area contributed by atoms with E-state index in [0.29, 0.717) is 23.2 Å². The fourth-order valence-corrected chi connectivity index (χ4v) is 4.55. The Balaban J connectivity index is 1.67. The molecule has 0 radical (unpaired) electrons.